The van der Waals surface area contributed by atoms with Crippen LogP contribution in [0.2, 0.25) is 0 Å². The fraction of sp³-hybridized carbons (Fsp3) is 0.680. The van der Waals surface area contributed by atoms with Crippen molar-refractivity contribution in [3.05, 3.63) is 41.7 Å². The maximum absolute atomic E-state index is 10.3. The van der Waals surface area contributed by atoms with Crippen molar-refractivity contribution in [1.29, 1.82) is 0 Å². The van der Waals surface area contributed by atoms with Crippen molar-refractivity contribution in [1.82, 2.24) is 4.57 Å². The zero-order valence-electron chi connectivity index (χ0n) is 17.4. The van der Waals surface area contributed by atoms with Crippen LogP contribution < -0.4 is 0 Å². The van der Waals surface area contributed by atoms with Crippen molar-refractivity contribution in [3.8, 4) is 0 Å². The van der Waals surface area contributed by atoms with Gasteiger partial charge in [-0.3, -0.25) is 0 Å². The number of nitrogens with zero attached hydrogens (tertiary/aromatic N) is 1. The van der Waals surface area contributed by atoms with Gasteiger partial charge >= 0.3 is 0 Å². The predicted molar refractivity (Wildman–Crippen MR) is 111 cm³/mol. The van der Waals surface area contributed by atoms with Crippen LogP contribution in [-0.4, -0.2) is 15.8 Å². The minimum Gasteiger partial charge on any atom is -0.393 e. The monoisotopic (exact) mass is 365 g/mol. The van der Waals surface area contributed by atoms with Crippen LogP contribution in [0.5, 0.6) is 0 Å². The van der Waals surface area contributed by atoms with Gasteiger partial charge in [0.2, 0.25) is 0 Å². The molecule has 0 amide bonds. The maximum atomic E-state index is 10.3. The molecule has 2 saturated carbocycles. The average Bonchev–Trinajstić information content (AvgIpc) is 3.21. The van der Waals surface area contributed by atoms with Crippen LogP contribution in [0.4, 0.5) is 0 Å². The van der Waals surface area contributed by atoms with Gasteiger partial charge in [-0.25, -0.2) is 0 Å². The molecule has 1 aromatic heterocycles. The van der Waals surface area contributed by atoms with E-state index in [-0.39, 0.29) is 6.10 Å². The summed E-state index contributed by atoms with van der Waals surface area (Å²) in [6.07, 6.45) is 13.9. The number of aliphatic hydroxyl groups excluding tert-OH is 1. The topological polar surface area (TPSA) is 25.2 Å². The first-order valence-corrected chi connectivity index (χ1v) is 11.1. The predicted octanol–water partition coefficient (Wildman–Crippen LogP) is 5.90. The van der Waals surface area contributed by atoms with Gasteiger partial charge in [0, 0.05) is 23.5 Å². The Morgan fingerprint density at radius 2 is 1.70 bits per heavy atom. The van der Waals surface area contributed by atoms with Gasteiger partial charge in [-0.1, -0.05) is 38.0 Å². The second-order valence-corrected chi connectivity index (χ2v) is 10.5. The van der Waals surface area contributed by atoms with Gasteiger partial charge in [0.1, 0.15) is 0 Å². The normalized spacial score (nSPS) is 46.6. The molecule has 0 aliphatic heterocycles. The third-order valence-corrected chi connectivity index (χ3v) is 9.13. The minimum absolute atomic E-state index is 0.113. The first-order chi connectivity index (χ1) is 12.8. The van der Waals surface area contributed by atoms with Crippen molar-refractivity contribution < 1.29 is 5.11 Å². The quantitative estimate of drug-likeness (QED) is 0.616. The van der Waals surface area contributed by atoms with Gasteiger partial charge in [0.05, 0.1) is 6.10 Å². The second-order valence-electron chi connectivity index (χ2n) is 10.5. The Morgan fingerprint density at radius 3 is 2.44 bits per heavy atom. The molecule has 0 bridgehead atoms. The molecule has 7 atom stereocenters. The molecule has 0 aromatic carbocycles. The third-order valence-electron chi connectivity index (χ3n) is 9.13. The molecule has 2 fully saturated rings. The largest absolute Gasteiger partial charge is 0.393 e. The molecule has 27 heavy (non-hydrogen) atoms. The number of hydrogen-bond donors (Lipinski definition) is 1. The van der Waals surface area contributed by atoms with Crippen LogP contribution in [0.3, 0.4) is 0 Å². The molecule has 0 saturated heterocycles. The SMILES string of the molecule is CC1=C(n2cccc2)[C@@]2(C)CC[C@@H]3[C@@H](C(C)C=C4CC(O)CC[C@@]43C)[C@@H]2C1. The van der Waals surface area contributed by atoms with Crippen LogP contribution in [0.25, 0.3) is 5.70 Å². The van der Waals surface area contributed by atoms with E-state index < -0.39 is 0 Å². The summed E-state index contributed by atoms with van der Waals surface area (Å²) in [5, 5.41) is 10.3. The van der Waals surface area contributed by atoms with Crippen molar-refractivity contribution in [3.63, 3.8) is 0 Å². The van der Waals surface area contributed by atoms with E-state index in [2.05, 4.69) is 62.9 Å². The van der Waals surface area contributed by atoms with Crippen LogP contribution in [0.1, 0.15) is 66.2 Å². The van der Waals surface area contributed by atoms with E-state index in [1.165, 1.54) is 25.7 Å². The number of aliphatic hydroxyl groups is 1. The Bertz CT molecular complexity index is 802. The summed E-state index contributed by atoms with van der Waals surface area (Å²) in [5.41, 5.74) is 5.38. The number of rotatable bonds is 1. The molecule has 1 N–H and O–H groups in total. The van der Waals surface area contributed by atoms with Crippen molar-refractivity contribution in [2.75, 3.05) is 0 Å². The van der Waals surface area contributed by atoms with E-state index in [1.807, 2.05) is 0 Å². The molecule has 4 aliphatic carbocycles. The van der Waals surface area contributed by atoms with Gasteiger partial charge < -0.3 is 9.67 Å². The molecule has 0 spiro atoms. The molecular formula is C25H35NO. The smallest absolute Gasteiger partial charge is 0.0577 e. The summed E-state index contributed by atoms with van der Waals surface area (Å²) in [5.74, 6) is 2.94. The Labute approximate surface area is 164 Å². The second kappa shape index (κ2) is 5.86. The Morgan fingerprint density at radius 1 is 1.00 bits per heavy atom. The molecular weight excluding hydrogens is 330 g/mol. The van der Waals surface area contributed by atoms with Gasteiger partial charge in [0.15, 0.2) is 0 Å². The highest BCUT2D eigenvalue weighted by Crippen LogP contribution is 2.67. The van der Waals surface area contributed by atoms with Gasteiger partial charge in [-0.2, -0.15) is 0 Å². The van der Waals surface area contributed by atoms with Crippen molar-refractivity contribution in [2.24, 2.45) is 34.5 Å². The summed E-state index contributed by atoms with van der Waals surface area (Å²) in [4.78, 5) is 0. The van der Waals surface area contributed by atoms with E-state index in [4.69, 9.17) is 0 Å². The molecule has 2 unspecified atom stereocenters. The third kappa shape index (κ3) is 2.35. The number of allylic oxidation sites excluding steroid dienone is 3. The molecule has 146 valence electrons. The van der Waals surface area contributed by atoms with E-state index >= 15 is 0 Å². The van der Waals surface area contributed by atoms with E-state index in [0.717, 1.165) is 30.6 Å². The molecule has 4 aliphatic rings. The number of hydrogen-bond acceptors (Lipinski definition) is 1. The Hall–Kier alpha value is -1.28. The van der Waals surface area contributed by atoms with Gasteiger partial charge in [0.25, 0.3) is 0 Å². The Balaban J connectivity index is 1.55. The van der Waals surface area contributed by atoms with Crippen molar-refractivity contribution >= 4 is 5.70 Å². The number of fused-ring (bicyclic) bond motifs is 5. The summed E-state index contributed by atoms with van der Waals surface area (Å²) in [6.45, 7) is 9.92. The van der Waals surface area contributed by atoms with Crippen LogP contribution in [0.15, 0.2) is 41.7 Å². The lowest BCUT2D eigenvalue weighted by Crippen LogP contribution is -2.52. The van der Waals surface area contributed by atoms with Crippen LogP contribution >= 0.6 is 0 Å². The lowest BCUT2D eigenvalue weighted by Gasteiger charge is -2.59. The van der Waals surface area contributed by atoms with Crippen LogP contribution in [0, 0.1) is 34.5 Å². The zero-order valence-corrected chi connectivity index (χ0v) is 17.4. The lowest BCUT2D eigenvalue weighted by molar-refractivity contribution is -0.0439. The highest BCUT2D eigenvalue weighted by Gasteiger charge is 2.59. The summed E-state index contributed by atoms with van der Waals surface area (Å²) in [7, 11) is 0. The summed E-state index contributed by atoms with van der Waals surface area (Å²) in [6, 6.07) is 4.32. The van der Waals surface area contributed by atoms with Crippen LogP contribution in [-0.2, 0) is 0 Å². The molecule has 0 radical (unpaired) electrons. The highest BCUT2D eigenvalue weighted by atomic mass is 16.3. The highest BCUT2D eigenvalue weighted by molar-refractivity contribution is 5.61. The summed E-state index contributed by atoms with van der Waals surface area (Å²) >= 11 is 0. The molecule has 1 heterocycles. The molecule has 5 rings (SSSR count). The van der Waals surface area contributed by atoms with E-state index in [0.29, 0.717) is 16.7 Å². The lowest BCUT2D eigenvalue weighted by atomic mass is 9.46. The van der Waals surface area contributed by atoms with E-state index in [9.17, 15) is 5.11 Å². The maximum Gasteiger partial charge on any atom is 0.0577 e. The average molecular weight is 366 g/mol. The van der Waals surface area contributed by atoms with E-state index in [1.54, 1.807) is 16.8 Å². The summed E-state index contributed by atoms with van der Waals surface area (Å²) < 4.78 is 2.41. The number of aromatic nitrogens is 1. The van der Waals surface area contributed by atoms with Gasteiger partial charge in [-0.15, -0.1) is 0 Å². The molecule has 2 heteroatoms. The Kier molecular flexibility index (Phi) is 3.86. The first kappa shape index (κ1) is 17.8. The minimum atomic E-state index is -0.113. The zero-order chi connectivity index (χ0) is 19.0. The standard InChI is InChI=1S/C25H35NO/c1-16-13-18-15-19(27)7-9-24(18,3)20-8-10-25(4)21(22(16)20)14-17(2)23(25)26-11-5-6-12-26/h5-6,11-13,16,19-22,27H,7-10,14-15H2,1-4H3/t16?,19?,20-,21+,22-,24+,25+/m1/s1. The van der Waals surface area contributed by atoms with Crippen molar-refractivity contribution in [2.45, 2.75) is 72.3 Å². The first-order valence-electron chi connectivity index (χ1n) is 11.1. The fourth-order valence-corrected chi connectivity index (χ4v) is 7.91. The molecule has 2 nitrogen and oxygen atoms in total. The fourth-order valence-electron chi connectivity index (χ4n) is 7.91. The molecule has 1 aromatic rings. The van der Waals surface area contributed by atoms with Gasteiger partial charge in [-0.05, 0) is 86.7 Å².